The summed E-state index contributed by atoms with van der Waals surface area (Å²) in [4.78, 5) is 20.0. The first-order valence-electron chi connectivity index (χ1n) is 12.5. The number of aldehydes is 1. The van der Waals surface area contributed by atoms with Crippen molar-refractivity contribution in [3.05, 3.63) is 70.9 Å². The molecule has 43 heavy (non-hydrogen) atoms. The van der Waals surface area contributed by atoms with Crippen LogP contribution in [-0.4, -0.2) is 64.0 Å². The van der Waals surface area contributed by atoms with Crippen molar-refractivity contribution in [1.29, 1.82) is 0 Å². The van der Waals surface area contributed by atoms with E-state index < -0.39 is 54.3 Å². The summed E-state index contributed by atoms with van der Waals surface area (Å²) in [7, 11) is 2.81. The smallest absolute Gasteiger partial charge is 0.418 e. The number of nitrogen functional groups attached to an aromatic ring is 1. The van der Waals surface area contributed by atoms with Gasteiger partial charge < -0.3 is 15.2 Å². The number of aliphatic imine (C=N–C) groups is 2. The first-order valence-corrected chi connectivity index (χ1v) is 12.5. The molecule has 1 aliphatic rings. The van der Waals surface area contributed by atoms with Gasteiger partial charge in [-0.2, -0.15) is 27.1 Å². The first kappa shape index (κ1) is 34.5. The van der Waals surface area contributed by atoms with Gasteiger partial charge in [0.25, 0.3) is 6.43 Å². The van der Waals surface area contributed by atoms with Crippen LogP contribution in [0.4, 0.5) is 42.1 Å². The number of hydrogen-bond acceptors (Lipinski definition) is 8. The van der Waals surface area contributed by atoms with E-state index in [2.05, 4.69) is 19.8 Å². The SMILES string of the molecule is CC.CN=Cc1cc(N(C)/N=C2/C(C(F)(F)F)=CC(OCC(F)F)=N/C2=C(/C=O)c2ccc(OC(F)F)cc2)ccc1N. The van der Waals surface area contributed by atoms with Gasteiger partial charge in [0.2, 0.25) is 5.90 Å². The number of nitrogens with two attached hydrogens (primary N) is 1. The molecule has 0 fully saturated rings. The Bertz CT molecular complexity index is 1420. The van der Waals surface area contributed by atoms with Crippen LogP contribution < -0.4 is 15.5 Å². The summed E-state index contributed by atoms with van der Waals surface area (Å²) in [6.45, 7) is -0.419. The Hall–Kier alpha value is -4.69. The number of allylic oxidation sites excluding steroid dienone is 2. The summed E-state index contributed by atoms with van der Waals surface area (Å²) in [6, 6.07) is 8.83. The van der Waals surface area contributed by atoms with Gasteiger partial charge in [0.1, 0.15) is 17.2 Å². The predicted molar refractivity (Wildman–Crippen MR) is 151 cm³/mol. The summed E-state index contributed by atoms with van der Waals surface area (Å²) in [6.07, 6.45) is -6.16. The van der Waals surface area contributed by atoms with Gasteiger partial charge in [0.15, 0.2) is 12.9 Å². The molecule has 8 nitrogen and oxygen atoms in total. The van der Waals surface area contributed by atoms with Crippen molar-refractivity contribution < 1.29 is 45.0 Å². The molecule has 0 saturated heterocycles. The summed E-state index contributed by atoms with van der Waals surface area (Å²) in [5.74, 6) is -1.13. The molecule has 3 rings (SSSR count). The first-order chi connectivity index (χ1) is 20.3. The van der Waals surface area contributed by atoms with Crippen molar-refractivity contribution in [3.8, 4) is 5.75 Å². The van der Waals surface area contributed by atoms with Gasteiger partial charge in [0.05, 0.1) is 11.3 Å². The van der Waals surface area contributed by atoms with Crippen molar-refractivity contribution in [3.63, 3.8) is 0 Å². The molecular formula is C28H28F7N5O3. The lowest BCUT2D eigenvalue weighted by molar-refractivity contribution is -0.103. The minimum Gasteiger partial charge on any atom is -0.472 e. The number of carbonyl (C=O) groups is 1. The molecule has 0 saturated carbocycles. The molecular weight excluding hydrogens is 587 g/mol. The van der Waals surface area contributed by atoms with E-state index in [0.717, 1.165) is 29.3 Å². The van der Waals surface area contributed by atoms with Crippen LogP contribution in [0.2, 0.25) is 0 Å². The molecule has 2 aromatic rings. The Morgan fingerprint density at radius 3 is 2.28 bits per heavy atom. The van der Waals surface area contributed by atoms with Gasteiger partial charge in [-0.05, 0) is 35.9 Å². The minimum absolute atomic E-state index is 0.0544. The zero-order chi connectivity index (χ0) is 32.3. The number of carbonyl (C=O) groups excluding carboxylic acids is 1. The number of dihydropyridines is 1. The highest BCUT2D eigenvalue weighted by atomic mass is 19.4. The zero-order valence-corrected chi connectivity index (χ0v) is 23.4. The van der Waals surface area contributed by atoms with E-state index >= 15 is 0 Å². The minimum atomic E-state index is -5.11. The van der Waals surface area contributed by atoms with Gasteiger partial charge >= 0.3 is 12.8 Å². The number of alkyl halides is 7. The fraction of sp³-hybridized carbons (Fsp3) is 0.286. The number of hydrazone groups is 1. The van der Waals surface area contributed by atoms with E-state index in [9.17, 15) is 35.5 Å². The lowest BCUT2D eigenvalue weighted by Gasteiger charge is -2.24. The Kier molecular flexibility index (Phi) is 12.5. The number of anilines is 2. The lowest BCUT2D eigenvalue weighted by Crippen LogP contribution is -2.30. The molecule has 1 aliphatic heterocycles. The van der Waals surface area contributed by atoms with Crippen LogP contribution in [0.25, 0.3) is 5.57 Å². The fourth-order valence-electron chi connectivity index (χ4n) is 3.54. The maximum Gasteiger partial charge on any atom is 0.418 e. The molecule has 0 radical (unpaired) electrons. The van der Waals surface area contributed by atoms with Gasteiger partial charge in [-0.3, -0.25) is 14.8 Å². The molecule has 0 aromatic heterocycles. The van der Waals surface area contributed by atoms with Crippen LogP contribution in [0.1, 0.15) is 25.0 Å². The van der Waals surface area contributed by atoms with Crippen LogP contribution in [0, 0.1) is 0 Å². The number of hydrogen-bond donors (Lipinski definition) is 1. The third kappa shape index (κ3) is 9.41. The lowest BCUT2D eigenvalue weighted by atomic mass is 9.96. The van der Waals surface area contributed by atoms with E-state index in [1.54, 1.807) is 0 Å². The molecule has 0 unspecified atom stereocenters. The highest BCUT2D eigenvalue weighted by molar-refractivity contribution is 6.28. The highest BCUT2D eigenvalue weighted by Crippen LogP contribution is 2.35. The van der Waals surface area contributed by atoms with Gasteiger partial charge in [0, 0.05) is 43.2 Å². The number of rotatable bonds is 9. The normalized spacial score (nSPS) is 15.6. The van der Waals surface area contributed by atoms with Crippen molar-refractivity contribution in [2.75, 3.05) is 31.4 Å². The monoisotopic (exact) mass is 615 g/mol. The number of nitrogens with zero attached hydrogens (tertiary/aromatic N) is 4. The average Bonchev–Trinajstić information content (AvgIpc) is 2.95. The van der Waals surface area contributed by atoms with E-state index in [1.165, 1.54) is 38.5 Å². The fourth-order valence-corrected chi connectivity index (χ4v) is 3.54. The molecule has 0 atom stereocenters. The molecule has 0 spiro atoms. The highest BCUT2D eigenvalue weighted by Gasteiger charge is 2.42. The standard InChI is InChI=1S/C26H22F7N5O3.C2H6/c1-35-11-15-9-16(5-8-20(15)34)38(2)37-24-19(26(31,32)33)10-22(40-13-21(27)28)36-23(24)18(12-39)14-3-6-17(7-4-14)41-25(29)30;1-2/h3-12,21,25H,13,34H2,1-2H3;1-2H3/b23-18-,35-11?,37-24-;. The van der Waals surface area contributed by atoms with Crippen molar-refractivity contribution in [1.82, 2.24) is 0 Å². The number of benzene rings is 2. The second kappa shape index (κ2) is 15.5. The second-order valence-corrected chi connectivity index (χ2v) is 8.16. The van der Waals surface area contributed by atoms with Crippen molar-refractivity contribution in [2.45, 2.75) is 33.1 Å². The summed E-state index contributed by atoms with van der Waals surface area (Å²) in [5, 5.41) is 5.13. The van der Waals surface area contributed by atoms with Gasteiger partial charge in [-0.25, -0.2) is 13.8 Å². The van der Waals surface area contributed by atoms with Gasteiger partial charge in [-0.1, -0.05) is 26.0 Å². The summed E-state index contributed by atoms with van der Waals surface area (Å²) in [5.41, 5.74) is 3.48. The van der Waals surface area contributed by atoms with Crippen LogP contribution >= 0.6 is 0 Å². The summed E-state index contributed by atoms with van der Waals surface area (Å²) < 4.78 is 103. The number of ether oxygens (including phenoxy) is 2. The van der Waals surface area contributed by atoms with E-state index in [0.29, 0.717) is 17.3 Å². The Balaban J connectivity index is 0.00000316. The molecule has 15 heteroatoms. The third-order valence-corrected chi connectivity index (χ3v) is 5.36. The molecule has 1 heterocycles. The Morgan fingerprint density at radius 1 is 1.09 bits per heavy atom. The topological polar surface area (TPSA) is 102 Å². The van der Waals surface area contributed by atoms with E-state index in [1.807, 2.05) is 13.8 Å². The molecule has 0 amide bonds. The maximum atomic E-state index is 14.3. The van der Waals surface area contributed by atoms with E-state index in [4.69, 9.17) is 10.5 Å². The second-order valence-electron chi connectivity index (χ2n) is 8.16. The third-order valence-electron chi connectivity index (χ3n) is 5.36. The maximum absolute atomic E-state index is 14.3. The van der Waals surface area contributed by atoms with Crippen LogP contribution in [0.3, 0.4) is 0 Å². The van der Waals surface area contributed by atoms with E-state index in [-0.39, 0.29) is 23.3 Å². The number of halogens is 7. The average molecular weight is 616 g/mol. The van der Waals surface area contributed by atoms with Crippen molar-refractivity contribution >= 4 is 41.1 Å². The predicted octanol–water partition coefficient (Wildman–Crippen LogP) is 6.53. The zero-order valence-electron chi connectivity index (χ0n) is 23.4. The van der Waals surface area contributed by atoms with Crippen molar-refractivity contribution in [2.24, 2.45) is 15.1 Å². The van der Waals surface area contributed by atoms with Crippen LogP contribution in [0.15, 0.2) is 74.9 Å². The molecule has 2 N–H and O–H groups in total. The molecule has 232 valence electrons. The Morgan fingerprint density at radius 2 is 1.74 bits per heavy atom. The molecule has 2 aromatic carbocycles. The van der Waals surface area contributed by atoms with Crippen LogP contribution in [-0.2, 0) is 9.53 Å². The summed E-state index contributed by atoms with van der Waals surface area (Å²) >= 11 is 0. The van der Waals surface area contributed by atoms with Crippen LogP contribution in [0.5, 0.6) is 5.75 Å². The molecule has 0 bridgehead atoms. The Labute approximate surface area is 242 Å². The quantitative estimate of drug-likeness (QED) is 0.0864. The largest absolute Gasteiger partial charge is 0.472 e. The molecule has 0 aliphatic carbocycles. The van der Waals surface area contributed by atoms with Gasteiger partial charge in [-0.15, -0.1) is 0 Å².